The third-order valence-corrected chi connectivity index (χ3v) is 6.29. The molecular formula is C18H24O6. The van der Waals surface area contributed by atoms with Gasteiger partial charge in [-0.15, -0.1) is 0 Å². The molecule has 0 aliphatic heterocycles. The zero-order valence-electron chi connectivity index (χ0n) is 14.7. The van der Waals surface area contributed by atoms with E-state index in [0.29, 0.717) is 12.0 Å². The predicted molar refractivity (Wildman–Crippen MR) is 83.6 cm³/mol. The number of esters is 2. The van der Waals surface area contributed by atoms with E-state index >= 15 is 0 Å². The van der Waals surface area contributed by atoms with Gasteiger partial charge in [0.25, 0.3) is 0 Å². The van der Waals surface area contributed by atoms with E-state index in [1.165, 1.54) is 14.2 Å². The zero-order valence-corrected chi connectivity index (χ0v) is 14.7. The van der Waals surface area contributed by atoms with Crippen molar-refractivity contribution in [2.75, 3.05) is 14.2 Å². The lowest BCUT2D eigenvalue weighted by Crippen LogP contribution is -2.48. The van der Waals surface area contributed by atoms with E-state index in [1.807, 2.05) is 13.0 Å². The summed E-state index contributed by atoms with van der Waals surface area (Å²) in [6.07, 6.45) is 2.41. The van der Waals surface area contributed by atoms with Crippen molar-refractivity contribution in [3.05, 3.63) is 11.6 Å². The first-order valence-corrected chi connectivity index (χ1v) is 8.22. The number of Topliss-reactive ketones (excluding diaryl/α,β-unsaturated/α-hetero) is 1. The molecule has 0 aromatic heterocycles. The van der Waals surface area contributed by atoms with Gasteiger partial charge < -0.3 is 14.6 Å². The molecule has 6 nitrogen and oxygen atoms in total. The zero-order chi connectivity index (χ0) is 18.0. The number of ether oxygens (including phenoxy) is 2. The van der Waals surface area contributed by atoms with Crippen molar-refractivity contribution in [1.82, 2.24) is 0 Å². The molecule has 132 valence electrons. The lowest BCUT2D eigenvalue weighted by molar-refractivity contribution is -0.166. The molecule has 1 N–H and O–H groups in total. The van der Waals surface area contributed by atoms with Crippen molar-refractivity contribution < 1.29 is 29.0 Å². The van der Waals surface area contributed by atoms with Crippen molar-refractivity contribution >= 4 is 17.7 Å². The molecule has 0 amide bonds. The van der Waals surface area contributed by atoms with Gasteiger partial charge in [0.05, 0.1) is 31.7 Å². The van der Waals surface area contributed by atoms with E-state index in [9.17, 15) is 19.5 Å². The second-order valence-electron chi connectivity index (χ2n) is 7.98. The lowest BCUT2D eigenvalue weighted by Gasteiger charge is -2.40. The second-order valence-corrected chi connectivity index (χ2v) is 7.98. The molecule has 2 saturated carbocycles. The highest BCUT2D eigenvalue weighted by atomic mass is 16.5. The third kappa shape index (κ3) is 2.01. The fourth-order valence-corrected chi connectivity index (χ4v) is 5.43. The van der Waals surface area contributed by atoms with Crippen LogP contribution in [0.5, 0.6) is 0 Å². The van der Waals surface area contributed by atoms with Gasteiger partial charge in [-0.3, -0.25) is 14.4 Å². The van der Waals surface area contributed by atoms with E-state index < -0.39 is 40.7 Å². The van der Waals surface area contributed by atoms with E-state index in [2.05, 4.69) is 0 Å². The van der Waals surface area contributed by atoms with Gasteiger partial charge in [-0.25, -0.2) is 0 Å². The maximum atomic E-state index is 12.9. The average molecular weight is 336 g/mol. The van der Waals surface area contributed by atoms with Gasteiger partial charge in [0.2, 0.25) is 0 Å². The number of hydrogen-bond donors (Lipinski definition) is 1. The SMILES string of the molecule is COC(=O)[C@@H]1[C@H]2C[C@](C)([C@@H]3C(=O)C(C(C)(C)O)=C[C@H]23)[C@@H]1C(=O)OC. The molecule has 0 radical (unpaired) electrons. The lowest BCUT2D eigenvalue weighted by atomic mass is 9.61. The highest BCUT2D eigenvalue weighted by Crippen LogP contribution is 2.69. The Morgan fingerprint density at radius 3 is 2.33 bits per heavy atom. The summed E-state index contributed by atoms with van der Waals surface area (Å²) in [6, 6.07) is 0. The number of rotatable bonds is 3. The number of ketones is 1. The van der Waals surface area contributed by atoms with Gasteiger partial charge in [0.1, 0.15) is 0 Å². The quantitative estimate of drug-likeness (QED) is 0.777. The normalized spacial score (nSPS) is 40.3. The summed E-state index contributed by atoms with van der Waals surface area (Å²) >= 11 is 0. The number of methoxy groups -OCH3 is 2. The molecule has 0 spiro atoms. The molecule has 6 heteroatoms. The van der Waals surface area contributed by atoms with Gasteiger partial charge in [-0.2, -0.15) is 0 Å². The Hall–Kier alpha value is -1.69. The van der Waals surface area contributed by atoms with Gasteiger partial charge in [-0.1, -0.05) is 13.0 Å². The van der Waals surface area contributed by atoms with Gasteiger partial charge >= 0.3 is 11.9 Å². The molecule has 3 aliphatic rings. The number of allylic oxidation sites excluding steroid dienone is 1. The Morgan fingerprint density at radius 2 is 1.83 bits per heavy atom. The Kier molecular flexibility index (Phi) is 3.68. The Bertz CT molecular complexity index is 642. The first kappa shape index (κ1) is 17.1. The molecule has 0 aromatic carbocycles. The number of carbonyl (C=O) groups excluding carboxylic acids is 3. The summed E-state index contributed by atoms with van der Waals surface area (Å²) in [5.41, 5.74) is -1.52. The van der Waals surface area contributed by atoms with Crippen LogP contribution in [-0.4, -0.2) is 42.6 Å². The number of aliphatic hydroxyl groups is 1. The van der Waals surface area contributed by atoms with Crippen LogP contribution in [-0.2, 0) is 23.9 Å². The van der Waals surface area contributed by atoms with Crippen LogP contribution in [0.25, 0.3) is 0 Å². The molecule has 6 atom stereocenters. The summed E-state index contributed by atoms with van der Waals surface area (Å²) in [6.45, 7) is 5.05. The molecule has 2 bridgehead atoms. The molecule has 3 rings (SSSR count). The summed E-state index contributed by atoms with van der Waals surface area (Å²) in [4.78, 5) is 37.7. The van der Waals surface area contributed by atoms with Crippen LogP contribution in [0.4, 0.5) is 0 Å². The van der Waals surface area contributed by atoms with Crippen molar-refractivity contribution in [3.8, 4) is 0 Å². The fraction of sp³-hybridized carbons (Fsp3) is 0.722. The molecule has 3 aliphatic carbocycles. The van der Waals surface area contributed by atoms with Crippen LogP contribution in [0.15, 0.2) is 11.6 Å². The number of hydrogen-bond acceptors (Lipinski definition) is 6. The molecule has 0 saturated heterocycles. The van der Waals surface area contributed by atoms with Crippen molar-refractivity contribution in [3.63, 3.8) is 0 Å². The van der Waals surface area contributed by atoms with Crippen LogP contribution >= 0.6 is 0 Å². The molecular weight excluding hydrogens is 312 g/mol. The van der Waals surface area contributed by atoms with Gasteiger partial charge in [0.15, 0.2) is 5.78 Å². The molecule has 24 heavy (non-hydrogen) atoms. The van der Waals surface area contributed by atoms with Crippen LogP contribution in [0.2, 0.25) is 0 Å². The topological polar surface area (TPSA) is 89.9 Å². The molecule has 0 aromatic rings. The predicted octanol–water partition coefficient (Wildman–Crippen LogP) is 1.12. The van der Waals surface area contributed by atoms with Crippen LogP contribution in [0, 0.1) is 35.0 Å². The van der Waals surface area contributed by atoms with Crippen molar-refractivity contribution in [1.29, 1.82) is 0 Å². The fourth-order valence-electron chi connectivity index (χ4n) is 5.43. The second kappa shape index (κ2) is 5.15. The molecule has 0 heterocycles. The highest BCUT2D eigenvalue weighted by molar-refractivity contribution is 6.03. The first-order chi connectivity index (χ1) is 11.1. The summed E-state index contributed by atoms with van der Waals surface area (Å²) in [5.74, 6) is -3.02. The standard InChI is InChI=1S/C18H24O6/c1-17(2,22)10-6-8-9-7-18(3,12(8)14(10)19)13(16(21)24-5)11(9)15(20)23-4/h6,8-9,11-13,22H,7H2,1-5H3/t8-,9+,11-,12+,13+,18-/m1/s1. The third-order valence-electron chi connectivity index (χ3n) is 6.29. The van der Waals surface area contributed by atoms with E-state index in [1.54, 1.807) is 13.8 Å². The average Bonchev–Trinajstić information content (AvgIpc) is 3.10. The Balaban J connectivity index is 2.08. The van der Waals surface area contributed by atoms with Crippen LogP contribution in [0.1, 0.15) is 27.2 Å². The van der Waals surface area contributed by atoms with E-state index in [0.717, 1.165) is 0 Å². The smallest absolute Gasteiger partial charge is 0.310 e. The van der Waals surface area contributed by atoms with Gasteiger partial charge in [-0.05, 0) is 37.5 Å². The number of carbonyl (C=O) groups is 3. The highest BCUT2D eigenvalue weighted by Gasteiger charge is 2.72. The van der Waals surface area contributed by atoms with Crippen molar-refractivity contribution in [2.45, 2.75) is 32.8 Å². The van der Waals surface area contributed by atoms with Gasteiger partial charge in [0, 0.05) is 11.5 Å². The van der Waals surface area contributed by atoms with Crippen molar-refractivity contribution in [2.24, 2.45) is 35.0 Å². The first-order valence-electron chi connectivity index (χ1n) is 8.22. The summed E-state index contributed by atoms with van der Waals surface area (Å²) in [5, 5.41) is 10.3. The minimum atomic E-state index is -1.24. The van der Waals surface area contributed by atoms with E-state index in [-0.39, 0.29) is 17.6 Å². The Labute approximate surface area is 141 Å². The molecule has 2 fully saturated rings. The Morgan fingerprint density at radius 1 is 1.25 bits per heavy atom. The largest absolute Gasteiger partial charge is 0.469 e. The van der Waals surface area contributed by atoms with Crippen LogP contribution < -0.4 is 0 Å². The minimum Gasteiger partial charge on any atom is -0.469 e. The van der Waals surface area contributed by atoms with Crippen LogP contribution in [0.3, 0.4) is 0 Å². The number of fused-ring (bicyclic) bond motifs is 5. The maximum absolute atomic E-state index is 12.9. The summed E-state index contributed by atoms with van der Waals surface area (Å²) < 4.78 is 9.85. The molecule has 0 unspecified atom stereocenters. The summed E-state index contributed by atoms with van der Waals surface area (Å²) in [7, 11) is 2.60. The van der Waals surface area contributed by atoms with E-state index in [4.69, 9.17) is 9.47 Å². The maximum Gasteiger partial charge on any atom is 0.310 e. The minimum absolute atomic E-state index is 0.116. The monoisotopic (exact) mass is 336 g/mol.